The van der Waals surface area contributed by atoms with E-state index in [1.165, 1.54) is 34.6 Å². The lowest BCUT2D eigenvalue weighted by atomic mass is 10.1. The Bertz CT molecular complexity index is 915. The van der Waals surface area contributed by atoms with Crippen LogP contribution in [0.25, 0.3) is 16.6 Å². The van der Waals surface area contributed by atoms with Crippen molar-refractivity contribution in [3.63, 3.8) is 0 Å². The van der Waals surface area contributed by atoms with Crippen molar-refractivity contribution in [2.24, 2.45) is 0 Å². The molecule has 0 saturated carbocycles. The zero-order valence-corrected chi connectivity index (χ0v) is 12.3. The van der Waals surface area contributed by atoms with Crippen LogP contribution in [0.5, 0.6) is 0 Å². The maximum Gasteiger partial charge on any atom is 0.409 e. The van der Waals surface area contributed by atoms with Gasteiger partial charge in [0.25, 0.3) is 5.69 Å². The van der Waals surface area contributed by atoms with Crippen molar-refractivity contribution in [1.82, 2.24) is 10.1 Å². The molecule has 0 spiro atoms. The smallest absolute Gasteiger partial charge is 0.258 e. The van der Waals surface area contributed by atoms with Gasteiger partial charge in [0, 0.05) is 23.3 Å². The van der Waals surface area contributed by atoms with E-state index < -0.39 is 0 Å². The zero-order chi connectivity index (χ0) is 15.1. The van der Waals surface area contributed by atoms with Gasteiger partial charge < -0.3 is 0 Å². The maximum atomic E-state index is 10.7. The highest BCUT2D eigenvalue weighted by atomic mass is 32.1. The topological polar surface area (TPSA) is 73.0 Å². The summed E-state index contributed by atoms with van der Waals surface area (Å²) in [6.07, 6.45) is 5.86. The molecule has 4 rings (SSSR count). The molecule has 0 unspecified atom stereocenters. The van der Waals surface area contributed by atoms with Gasteiger partial charge in [-0.05, 0) is 52.9 Å². The number of nitro groups is 1. The van der Waals surface area contributed by atoms with Gasteiger partial charge in [0.05, 0.1) is 4.92 Å². The molecule has 108 valence electrons. The van der Waals surface area contributed by atoms with Gasteiger partial charge in [-0.1, -0.05) is 9.61 Å². The van der Waals surface area contributed by atoms with Gasteiger partial charge in [0.1, 0.15) is 11.7 Å². The summed E-state index contributed by atoms with van der Waals surface area (Å²) in [4.78, 5) is 15.6. The number of hydrogen-bond acceptors (Lipinski definition) is 5. The summed E-state index contributed by atoms with van der Waals surface area (Å²) in [6, 6.07) is 6.60. The van der Waals surface area contributed by atoms with Crippen molar-refractivity contribution in [1.29, 1.82) is 0 Å². The molecule has 1 aliphatic carbocycles. The average molecular weight is 311 g/mol. The molecule has 0 bridgehead atoms. The quantitative estimate of drug-likeness (QED) is 0.414. The summed E-state index contributed by atoms with van der Waals surface area (Å²) < 4.78 is 1.88. The normalized spacial score (nSPS) is 15.4. The van der Waals surface area contributed by atoms with Gasteiger partial charge in [0.2, 0.25) is 0 Å². The molecule has 0 radical (unpaired) electrons. The number of rotatable bonds is 2. The van der Waals surface area contributed by atoms with E-state index in [9.17, 15) is 10.1 Å². The fourth-order valence-corrected chi connectivity index (χ4v) is 3.32. The van der Waals surface area contributed by atoms with Crippen LogP contribution in [-0.4, -0.2) is 15.0 Å². The minimum absolute atomic E-state index is 0.106. The molecule has 22 heavy (non-hydrogen) atoms. The summed E-state index contributed by atoms with van der Waals surface area (Å²) in [5.41, 5.74) is 6.32. The molecule has 0 fully saturated rings. The van der Waals surface area contributed by atoms with Gasteiger partial charge in [-0.15, -0.1) is 0 Å². The minimum Gasteiger partial charge on any atom is -0.258 e. The molecule has 2 aromatic heterocycles. The zero-order valence-electron chi connectivity index (χ0n) is 11.5. The number of hydrogen-bond donors (Lipinski definition) is 0. The predicted octanol–water partition coefficient (Wildman–Crippen LogP) is 2.67. The second-order valence-corrected chi connectivity index (χ2v) is 5.90. The van der Waals surface area contributed by atoms with E-state index >= 15 is 0 Å². The summed E-state index contributed by atoms with van der Waals surface area (Å²) in [7, 11) is 0. The Morgan fingerprint density at radius 3 is 2.86 bits per heavy atom. The SMILES string of the molecule is O=[N+]([O-])c1ccc(/C=C2\CCc3cnc4scn[n+]4c32)cc1. The van der Waals surface area contributed by atoms with Crippen LogP contribution < -0.4 is 4.52 Å². The molecular weight excluding hydrogens is 300 g/mol. The first-order valence-corrected chi connectivity index (χ1v) is 7.69. The van der Waals surface area contributed by atoms with Crippen LogP contribution >= 0.6 is 11.3 Å². The van der Waals surface area contributed by atoms with Gasteiger partial charge in [0.15, 0.2) is 5.69 Å². The number of aryl methyl sites for hydroxylation is 1. The monoisotopic (exact) mass is 311 g/mol. The van der Waals surface area contributed by atoms with Crippen molar-refractivity contribution >= 4 is 33.6 Å². The Morgan fingerprint density at radius 2 is 2.09 bits per heavy atom. The van der Waals surface area contributed by atoms with Crippen LogP contribution in [0.1, 0.15) is 23.2 Å². The van der Waals surface area contributed by atoms with Crippen molar-refractivity contribution in [2.75, 3.05) is 0 Å². The Hall–Kier alpha value is -2.67. The highest BCUT2D eigenvalue weighted by Crippen LogP contribution is 2.31. The standard InChI is InChI=1S/C15H11N4O2S/c20-19(21)13-5-1-10(2-6-13)7-11-3-4-12-8-16-15-18(14(11)12)17-9-22-15/h1-2,5-9H,3-4H2/q+1/b11-7+. The number of nitro benzene ring substituents is 1. The molecular formula is C15H11N4O2S+. The van der Waals surface area contributed by atoms with Crippen molar-refractivity contribution in [3.8, 4) is 0 Å². The Kier molecular flexibility index (Phi) is 2.93. The van der Waals surface area contributed by atoms with Crippen LogP contribution in [0.15, 0.2) is 36.0 Å². The van der Waals surface area contributed by atoms with Crippen LogP contribution in [0.4, 0.5) is 5.69 Å². The first kappa shape index (κ1) is 13.0. The van der Waals surface area contributed by atoms with E-state index in [0.717, 1.165) is 29.1 Å². The molecule has 1 aromatic carbocycles. The minimum atomic E-state index is -0.387. The highest BCUT2D eigenvalue weighted by Gasteiger charge is 2.27. The van der Waals surface area contributed by atoms with E-state index in [1.54, 1.807) is 17.6 Å². The molecule has 0 aliphatic heterocycles. The number of allylic oxidation sites excluding steroid dienone is 1. The molecule has 1 aliphatic rings. The van der Waals surface area contributed by atoms with Crippen LogP contribution in [0.3, 0.4) is 0 Å². The summed E-state index contributed by atoms with van der Waals surface area (Å²) in [6.45, 7) is 0. The number of fused-ring (bicyclic) bond motifs is 3. The predicted molar refractivity (Wildman–Crippen MR) is 82.4 cm³/mol. The van der Waals surface area contributed by atoms with Crippen LogP contribution in [0.2, 0.25) is 0 Å². The first-order valence-electron chi connectivity index (χ1n) is 6.81. The first-order chi connectivity index (χ1) is 10.7. The van der Waals surface area contributed by atoms with E-state index in [-0.39, 0.29) is 10.6 Å². The second-order valence-electron chi connectivity index (χ2n) is 5.08. The highest BCUT2D eigenvalue weighted by molar-refractivity contribution is 7.14. The largest absolute Gasteiger partial charge is 0.409 e. The molecule has 6 nitrogen and oxygen atoms in total. The van der Waals surface area contributed by atoms with E-state index in [1.807, 2.05) is 10.7 Å². The van der Waals surface area contributed by atoms with Gasteiger partial charge in [-0.2, -0.15) is 0 Å². The summed E-state index contributed by atoms with van der Waals surface area (Å²) >= 11 is 1.51. The molecule has 0 amide bonds. The molecule has 3 aromatic rings. The van der Waals surface area contributed by atoms with Gasteiger partial charge in [-0.25, -0.2) is 0 Å². The van der Waals surface area contributed by atoms with Crippen molar-refractivity contribution in [2.45, 2.75) is 12.8 Å². The lowest BCUT2D eigenvalue weighted by molar-refractivity contribution is -0.580. The maximum absolute atomic E-state index is 10.7. The Balaban J connectivity index is 1.79. The van der Waals surface area contributed by atoms with E-state index in [4.69, 9.17) is 0 Å². The lowest BCUT2D eigenvalue weighted by Crippen LogP contribution is -2.29. The average Bonchev–Trinajstić information content (AvgIpc) is 3.14. The molecule has 2 heterocycles. The summed E-state index contributed by atoms with van der Waals surface area (Å²) in [5.74, 6) is 0. The fraction of sp³-hybridized carbons (Fsp3) is 0.133. The fourth-order valence-electron chi connectivity index (χ4n) is 2.73. The number of benzene rings is 1. The third-order valence-electron chi connectivity index (χ3n) is 3.76. The third-order valence-corrected chi connectivity index (χ3v) is 4.45. The second kappa shape index (κ2) is 4.96. The lowest BCUT2D eigenvalue weighted by Gasteiger charge is -1.98. The third kappa shape index (κ3) is 2.06. The summed E-state index contributed by atoms with van der Waals surface area (Å²) in [5, 5.41) is 15.1. The van der Waals surface area contributed by atoms with E-state index in [0.29, 0.717) is 0 Å². The van der Waals surface area contributed by atoms with Crippen LogP contribution in [-0.2, 0) is 6.42 Å². The van der Waals surface area contributed by atoms with Gasteiger partial charge >= 0.3 is 4.96 Å². The molecule has 0 N–H and O–H groups in total. The Morgan fingerprint density at radius 1 is 1.27 bits per heavy atom. The van der Waals surface area contributed by atoms with Crippen LogP contribution in [0, 0.1) is 10.1 Å². The Labute approximate surface area is 129 Å². The molecule has 0 atom stereocenters. The van der Waals surface area contributed by atoms with Crippen molar-refractivity contribution < 1.29 is 9.44 Å². The van der Waals surface area contributed by atoms with Gasteiger partial charge in [-0.3, -0.25) is 10.1 Å². The number of non-ortho nitro benzene ring substituents is 1. The van der Waals surface area contributed by atoms with E-state index in [2.05, 4.69) is 16.2 Å². The number of nitrogens with zero attached hydrogens (tertiary/aromatic N) is 4. The molecule has 0 saturated heterocycles. The van der Waals surface area contributed by atoms with Crippen molar-refractivity contribution in [3.05, 3.63) is 62.9 Å². The molecule has 7 heteroatoms. The number of aromatic nitrogens is 3.